The van der Waals surface area contributed by atoms with E-state index in [-0.39, 0.29) is 12.2 Å². The zero-order valence-electron chi connectivity index (χ0n) is 13.2. The highest BCUT2D eigenvalue weighted by Gasteiger charge is 2.16. The van der Waals surface area contributed by atoms with Gasteiger partial charge in [-0.25, -0.2) is 0 Å². The Bertz CT molecular complexity index is 364. The molecule has 0 heterocycles. The highest BCUT2D eigenvalue weighted by Crippen LogP contribution is 2.23. The molecule has 2 atom stereocenters. The zero-order valence-corrected chi connectivity index (χ0v) is 14.7. The van der Waals surface area contributed by atoms with Crippen molar-refractivity contribution in [2.24, 2.45) is 5.92 Å². The fraction of sp³-hybridized carbons (Fsp3) is 0.647. The van der Waals surface area contributed by atoms with Gasteiger partial charge >= 0.3 is 0 Å². The molecular weight excluding hydrogens is 314 g/mol. The summed E-state index contributed by atoms with van der Waals surface area (Å²) in [6.45, 7) is 10.7. The van der Waals surface area contributed by atoms with Gasteiger partial charge in [-0.2, -0.15) is 0 Å². The lowest BCUT2D eigenvalue weighted by molar-refractivity contribution is -0.0125. The molecule has 0 amide bonds. The highest BCUT2D eigenvalue weighted by atomic mass is 79.9. The molecule has 0 spiro atoms. The lowest BCUT2D eigenvalue weighted by atomic mass is 10.1. The minimum atomic E-state index is 0.128. The highest BCUT2D eigenvalue weighted by molar-refractivity contribution is 9.10. The third-order valence-electron chi connectivity index (χ3n) is 3.20. The van der Waals surface area contributed by atoms with Gasteiger partial charge in [-0.15, -0.1) is 0 Å². The summed E-state index contributed by atoms with van der Waals surface area (Å²) >= 11 is 3.49. The van der Waals surface area contributed by atoms with Gasteiger partial charge in [-0.3, -0.25) is 0 Å². The third kappa shape index (κ3) is 6.87. The second kappa shape index (κ2) is 9.54. The van der Waals surface area contributed by atoms with Crippen LogP contribution >= 0.6 is 15.9 Å². The van der Waals surface area contributed by atoms with Gasteiger partial charge in [-0.05, 0) is 49.9 Å². The van der Waals surface area contributed by atoms with E-state index in [0.29, 0.717) is 5.92 Å². The summed E-state index contributed by atoms with van der Waals surface area (Å²) in [5.74, 6) is 0.666. The molecule has 0 aliphatic heterocycles. The van der Waals surface area contributed by atoms with Gasteiger partial charge in [0.25, 0.3) is 0 Å². The molecule has 0 fully saturated rings. The lowest BCUT2D eigenvalue weighted by Crippen LogP contribution is -2.27. The fourth-order valence-corrected chi connectivity index (χ4v) is 2.60. The summed E-state index contributed by atoms with van der Waals surface area (Å²) in [7, 11) is 0. The molecule has 1 aromatic carbocycles. The molecule has 1 rings (SSSR count). The Morgan fingerprint density at radius 1 is 1.15 bits per heavy atom. The van der Waals surface area contributed by atoms with E-state index in [4.69, 9.17) is 4.74 Å². The standard InChI is InChI=1S/C17H28BrNO/c1-5-10-19-12-17(20-14(4)11-13(2)3)15-6-8-16(18)9-7-15/h6-9,13-14,17,19H,5,10-12H2,1-4H3. The summed E-state index contributed by atoms with van der Waals surface area (Å²) in [6, 6.07) is 8.45. The first-order chi connectivity index (χ1) is 9.52. The van der Waals surface area contributed by atoms with Crippen molar-refractivity contribution in [3.05, 3.63) is 34.3 Å². The number of halogens is 1. The average molecular weight is 342 g/mol. The van der Waals surface area contributed by atoms with Gasteiger partial charge in [0.1, 0.15) is 0 Å². The second-order valence-electron chi connectivity index (χ2n) is 5.82. The van der Waals surface area contributed by atoms with E-state index in [1.165, 1.54) is 5.56 Å². The maximum atomic E-state index is 6.26. The molecule has 2 nitrogen and oxygen atoms in total. The molecule has 0 aromatic heterocycles. The largest absolute Gasteiger partial charge is 0.369 e. The van der Waals surface area contributed by atoms with Crippen LogP contribution < -0.4 is 5.32 Å². The van der Waals surface area contributed by atoms with Crippen LogP contribution in [-0.2, 0) is 4.74 Å². The third-order valence-corrected chi connectivity index (χ3v) is 3.73. The zero-order chi connectivity index (χ0) is 15.0. The average Bonchev–Trinajstić information content (AvgIpc) is 2.38. The summed E-state index contributed by atoms with van der Waals surface area (Å²) in [5.41, 5.74) is 1.24. The maximum Gasteiger partial charge on any atom is 0.0952 e. The van der Waals surface area contributed by atoms with Crippen LogP contribution in [0, 0.1) is 5.92 Å². The van der Waals surface area contributed by atoms with E-state index in [0.717, 1.165) is 30.4 Å². The van der Waals surface area contributed by atoms with Crippen LogP contribution in [0.15, 0.2) is 28.7 Å². The molecule has 20 heavy (non-hydrogen) atoms. The van der Waals surface area contributed by atoms with Gasteiger partial charge in [0.05, 0.1) is 12.2 Å². The monoisotopic (exact) mass is 341 g/mol. The molecule has 0 aliphatic carbocycles. The Balaban J connectivity index is 2.66. The number of rotatable bonds is 9. The minimum absolute atomic E-state index is 0.128. The lowest BCUT2D eigenvalue weighted by Gasteiger charge is -2.24. The number of nitrogens with one attached hydrogen (secondary N) is 1. The molecule has 0 radical (unpaired) electrons. The van der Waals surface area contributed by atoms with E-state index < -0.39 is 0 Å². The van der Waals surface area contributed by atoms with Crippen molar-refractivity contribution in [2.45, 2.75) is 52.7 Å². The Hall–Kier alpha value is -0.380. The quantitative estimate of drug-likeness (QED) is 0.642. The van der Waals surface area contributed by atoms with Crippen molar-refractivity contribution in [1.82, 2.24) is 5.32 Å². The van der Waals surface area contributed by atoms with E-state index in [9.17, 15) is 0 Å². The number of hydrogen-bond acceptors (Lipinski definition) is 2. The number of benzene rings is 1. The minimum Gasteiger partial charge on any atom is -0.369 e. The molecule has 1 N–H and O–H groups in total. The van der Waals surface area contributed by atoms with Gasteiger partial charge in [0, 0.05) is 11.0 Å². The van der Waals surface area contributed by atoms with Gasteiger partial charge in [0.2, 0.25) is 0 Å². The molecule has 114 valence electrons. The molecule has 0 saturated carbocycles. The predicted molar refractivity (Wildman–Crippen MR) is 90.0 cm³/mol. The van der Waals surface area contributed by atoms with E-state index in [2.05, 4.69) is 73.2 Å². The molecular formula is C17H28BrNO. The smallest absolute Gasteiger partial charge is 0.0952 e. The first-order valence-corrected chi connectivity index (χ1v) is 8.43. The Morgan fingerprint density at radius 2 is 1.80 bits per heavy atom. The topological polar surface area (TPSA) is 21.3 Å². The number of hydrogen-bond donors (Lipinski definition) is 1. The summed E-state index contributed by atoms with van der Waals surface area (Å²) < 4.78 is 7.36. The van der Waals surface area contributed by atoms with Crippen LogP contribution in [0.2, 0.25) is 0 Å². The van der Waals surface area contributed by atoms with Crippen LogP contribution in [0.25, 0.3) is 0 Å². The Kier molecular flexibility index (Phi) is 8.43. The SMILES string of the molecule is CCCNCC(OC(C)CC(C)C)c1ccc(Br)cc1. The van der Waals surface area contributed by atoms with E-state index >= 15 is 0 Å². The van der Waals surface area contributed by atoms with E-state index in [1.54, 1.807) is 0 Å². The molecule has 1 aromatic rings. The molecule has 0 saturated heterocycles. The van der Waals surface area contributed by atoms with Crippen molar-refractivity contribution in [2.75, 3.05) is 13.1 Å². The Morgan fingerprint density at radius 3 is 2.35 bits per heavy atom. The van der Waals surface area contributed by atoms with Crippen molar-refractivity contribution in [1.29, 1.82) is 0 Å². The molecule has 2 unspecified atom stereocenters. The second-order valence-corrected chi connectivity index (χ2v) is 6.74. The molecule has 0 aliphatic rings. The normalized spacial score (nSPS) is 14.5. The summed E-state index contributed by atoms with van der Waals surface area (Å²) in [5, 5.41) is 3.47. The van der Waals surface area contributed by atoms with Gasteiger partial charge in [-0.1, -0.05) is 48.8 Å². The van der Waals surface area contributed by atoms with Gasteiger partial charge in [0.15, 0.2) is 0 Å². The van der Waals surface area contributed by atoms with Crippen molar-refractivity contribution >= 4 is 15.9 Å². The molecule has 0 bridgehead atoms. The van der Waals surface area contributed by atoms with Crippen LogP contribution in [0.1, 0.15) is 52.2 Å². The summed E-state index contributed by atoms with van der Waals surface area (Å²) in [4.78, 5) is 0. The van der Waals surface area contributed by atoms with Crippen LogP contribution in [-0.4, -0.2) is 19.2 Å². The van der Waals surface area contributed by atoms with Crippen molar-refractivity contribution < 1.29 is 4.74 Å². The molecule has 3 heteroatoms. The van der Waals surface area contributed by atoms with Crippen molar-refractivity contribution in [3.63, 3.8) is 0 Å². The van der Waals surface area contributed by atoms with Crippen LogP contribution in [0.5, 0.6) is 0 Å². The Labute approximate surface area is 132 Å². The van der Waals surface area contributed by atoms with Crippen LogP contribution in [0.4, 0.5) is 0 Å². The van der Waals surface area contributed by atoms with Crippen LogP contribution in [0.3, 0.4) is 0 Å². The first-order valence-electron chi connectivity index (χ1n) is 7.64. The predicted octanol–water partition coefficient (Wildman–Crippen LogP) is 4.94. The van der Waals surface area contributed by atoms with Gasteiger partial charge < -0.3 is 10.1 Å². The fourth-order valence-electron chi connectivity index (χ4n) is 2.33. The number of ether oxygens (including phenoxy) is 1. The summed E-state index contributed by atoms with van der Waals surface area (Å²) in [6.07, 6.45) is 2.66. The van der Waals surface area contributed by atoms with Crippen molar-refractivity contribution in [3.8, 4) is 0 Å². The maximum absolute atomic E-state index is 6.26. The first kappa shape index (κ1) is 17.7. The van der Waals surface area contributed by atoms with E-state index in [1.807, 2.05) is 0 Å².